The van der Waals surface area contributed by atoms with Crippen LogP contribution in [0.5, 0.6) is 0 Å². The summed E-state index contributed by atoms with van der Waals surface area (Å²) in [7, 11) is 0. The highest BCUT2D eigenvalue weighted by Crippen LogP contribution is 2.38. The van der Waals surface area contributed by atoms with Gasteiger partial charge in [-0.15, -0.1) is 11.8 Å². The maximum absolute atomic E-state index is 12.9. The van der Waals surface area contributed by atoms with Crippen LogP contribution in [0.15, 0.2) is 0 Å². The van der Waals surface area contributed by atoms with Crippen molar-refractivity contribution < 1.29 is 14.4 Å². The van der Waals surface area contributed by atoms with E-state index in [1.165, 1.54) is 16.7 Å². The summed E-state index contributed by atoms with van der Waals surface area (Å²) < 4.78 is 0. The minimum absolute atomic E-state index is 0.114. The number of primary amides is 1. The summed E-state index contributed by atoms with van der Waals surface area (Å²) in [6.45, 7) is 2.67. The Balaban J connectivity index is 2.29. The molecule has 0 aromatic heterocycles. The van der Waals surface area contributed by atoms with E-state index in [1.54, 1.807) is 0 Å². The van der Waals surface area contributed by atoms with Crippen molar-refractivity contribution in [3.8, 4) is 0 Å². The van der Waals surface area contributed by atoms with Gasteiger partial charge in [0, 0.05) is 12.3 Å². The van der Waals surface area contributed by atoms with E-state index >= 15 is 0 Å². The molecule has 1 heterocycles. The van der Waals surface area contributed by atoms with Gasteiger partial charge < -0.3 is 16.0 Å². The number of nitrogens with one attached hydrogen (secondary N) is 1. The van der Waals surface area contributed by atoms with Crippen molar-refractivity contribution in [2.75, 3.05) is 18.1 Å². The minimum atomic E-state index is -0.899. The van der Waals surface area contributed by atoms with Crippen LogP contribution >= 0.6 is 11.8 Å². The lowest BCUT2D eigenvalue weighted by atomic mass is 9.78. The maximum Gasteiger partial charge on any atom is 0.246 e. The molecule has 0 aromatic carbocycles. The fourth-order valence-electron chi connectivity index (χ4n) is 3.58. The number of unbranched alkanes of at least 4 members (excludes halogenated alkanes) is 1. The van der Waals surface area contributed by atoms with Crippen molar-refractivity contribution in [2.24, 2.45) is 5.73 Å². The van der Waals surface area contributed by atoms with Crippen LogP contribution in [0.25, 0.3) is 0 Å². The largest absolute Gasteiger partial charge is 0.368 e. The van der Waals surface area contributed by atoms with Crippen molar-refractivity contribution in [3.63, 3.8) is 0 Å². The molecule has 1 aliphatic carbocycles. The minimum Gasteiger partial charge on any atom is -0.368 e. The van der Waals surface area contributed by atoms with Crippen LogP contribution in [0, 0.1) is 0 Å². The molecule has 2 aliphatic rings. The number of carbonyl (C=O) groups is 3. The zero-order valence-corrected chi connectivity index (χ0v) is 14.6. The smallest absolute Gasteiger partial charge is 0.246 e. The number of amides is 3. The Morgan fingerprint density at radius 3 is 2.65 bits per heavy atom. The average Bonchev–Trinajstić information content (AvgIpc) is 2.55. The lowest BCUT2D eigenvalue weighted by molar-refractivity contribution is -0.155. The van der Waals surface area contributed by atoms with Crippen molar-refractivity contribution in [1.29, 1.82) is 0 Å². The second kappa shape index (κ2) is 8.04. The molecule has 2 rings (SSSR count). The van der Waals surface area contributed by atoms with Gasteiger partial charge in [-0.2, -0.15) is 0 Å². The Morgan fingerprint density at radius 2 is 2.04 bits per heavy atom. The van der Waals surface area contributed by atoms with E-state index in [9.17, 15) is 14.4 Å². The third kappa shape index (κ3) is 3.82. The number of hydrogen-bond donors (Lipinski definition) is 2. The molecule has 0 bridgehead atoms. The molecule has 3 amide bonds. The first-order valence-electron chi connectivity index (χ1n) is 8.50. The molecule has 23 heavy (non-hydrogen) atoms. The number of thioether (sulfide) groups is 1. The van der Waals surface area contributed by atoms with Gasteiger partial charge in [0.15, 0.2) is 0 Å². The molecule has 130 valence electrons. The predicted octanol–water partition coefficient (Wildman–Crippen LogP) is 1.03. The quantitative estimate of drug-likeness (QED) is 0.706. The number of nitrogens with zero attached hydrogens (tertiary/aromatic N) is 1. The standard InChI is InChI=1S/C16H27N3O3S/c1-2-3-9-18-15(22)16(7-5-4-6-8-16)19-12(14(17)21)10-23-11-13(19)20/h12H,2-11H2,1H3,(H2,17,21)(H,18,22). The number of carbonyl (C=O) groups excluding carboxylic acids is 3. The molecule has 0 spiro atoms. The van der Waals surface area contributed by atoms with Gasteiger partial charge in [0.2, 0.25) is 17.7 Å². The topological polar surface area (TPSA) is 92.5 Å². The molecular weight excluding hydrogens is 314 g/mol. The fraction of sp³-hybridized carbons (Fsp3) is 0.812. The summed E-state index contributed by atoms with van der Waals surface area (Å²) in [6.07, 6.45) is 5.98. The van der Waals surface area contributed by atoms with Crippen molar-refractivity contribution in [3.05, 3.63) is 0 Å². The Hall–Kier alpha value is -1.24. The van der Waals surface area contributed by atoms with E-state index in [-0.39, 0.29) is 11.8 Å². The summed E-state index contributed by atoms with van der Waals surface area (Å²) in [6, 6.07) is -0.684. The van der Waals surface area contributed by atoms with Crippen molar-refractivity contribution in [1.82, 2.24) is 10.2 Å². The highest BCUT2D eigenvalue weighted by atomic mass is 32.2. The SMILES string of the molecule is CCCCNC(=O)C1(N2C(=O)CSCC2C(N)=O)CCCCC1. The third-order valence-corrected chi connectivity index (χ3v) is 5.79. The van der Waals surface area contributed by atoms with Crippen molar-refractivity contribution >= 4 is 29.5 Å². The van der Waals surface area contributed by atoms with Crippen LogP contribution in [0.2, 0.25) is 0 Å². The first-order chi connectivity index (χ1) is 11.0. The van der Waals surface area contributed by atoms with E-state index in [4.69, 9.17) is 5.73 Å². The monoisotopic (exact) mass is 341 g/mol. The molecule has 0 aromatic rings. The van der Waals surface area contributed by atoms with Gasteiger partial charge in [-0.05, 0) is 19.3 Å². The fourth-order valence-corrected chi connectivity index (χ4v) is 4.55. The Labute approximate surface area is 141 Å². The zero-order chi connectivity index (χ0) is 16.9. The number of rotatable bonds is 6. The Morgan fingerprint density at radius 1 is 1.35 bits per heavy atom. The van der Waals surface area contributed by atoms with Crippen LogP contribution in [-0.4, -0.2) is 52.3 Å². The summed E-state index contributed by atoms with van der Waals surface area (Å²) in [5.41, 5.74) is 4.63. The second-order valence-corrected chi connectivity index (χ2v) is 7.43. The third-order valence-electron chi connectivity index (χ3n) is 4.79. The second-order valence-electron chi connectivity index (χ2n) is 6.40. The molecular formula is C16H27N3O3S. The molecule has 1 aliphatic heterocycles. The molecule has 1 saturated heterocycles. The van der Waals surface area contributed by atoms with E-state index in [1.807, 2.05) is 0 Å². The van der Waals surface area contributed by atoms with Crippen LogP contribution in [0.4, 0.5) is 0 Å². The van der Waals surface area contributed by atoms with Crippen LogP contribution in [0.1, 0.15) is 51.9 Å². The molecule has 6 nitrogen and oxygen atoms in total. The first kappa shape index (κ1) is 18.1. The van der Waals surface area contributed by atoms with Gasteiger partial charge in [-0.3, -0.25) is 14.4 Å². The molecule has 1 atom stereocenters. The first-order valence-corrected chi connectivity index (χ1v) is 9.66. The van der Waals surface area contributed by atoms with E-state index < -0.39 is 17.5 Å². The predicted molar refractivity (Wildman–Crippen MR) is 90.9 cm³/mol. The normalized spacial score (nSPS) is 24.3. The molecule has 1 unspecified atom stereocenters. The molecule has 3 N–H and O–H groups in total. The van der Waals surface area contributed by atoms with Crippen LogP contribution in [0.3, 0.4) is 0 Å². The van der Waals surface area contributed by atoms with Crippen molar-refractivity contribution in [2.45, 2.75) is 63.5 Å². The molecule has 0 radical (unpaired) electrons. The molecule has 7 heteroatoms. The van der Waals surface area contributed by atoms with Gasteiger partial charge in [0.25, 0.3) is 0 Å². The van der Waals surface area contributed by atoms with E-state index in [0.29, 0.717) is 30.9 Å². The molecule has 2 fully saturated rings. The van der Waals surface area contributed by atoms with Gasteiger partial charge >= 0.3 is 0 Å². The van der Waals surface area contributed by atoms with Gasteiger partial charge in [-0.1, -0.05) is 32.6 Å². The number of nitrogens with two attached hydrogens (primary N) is 1. The van der Waals surface area contributed by atoms with Gasteiger partial charge in [-0.25, -0.2) is 0 Å². The van der Waals surface area contributed by atoms with E-state index in [2.05, 4.69) is 12.2 Å². The van der Waals surface area contributed by atoms with Crippen LogP contribution in [-0.2, 0) is 14.4 Å². The highest BCUT2D eigenvalue weighted by molar-refractivity contribution is 8.00. The molecule has 1 saturated carbocycles. The van der Waals surface area contributed by atoms with Gasteiger partial charge in [0.1, 0.15) is 11.6 Å². The summed E-state index contributed by atoms with van der Waals surface area (Å²) in [5, 5.41) is 2.98. The Bertz CT molecular complexity index is 463. The summed E-state index contributed by atoms with van der Waals surface area (Å²) in [5.74, 6) is 0.0188. The summed E-state index contributed by atoms with van der Waals surface area (Å²) in [4.78, 5) is 38.9. The lowest BCUT2D eigenvalue weighted by Crippen LogP contribution is -2.68. The van der Waals surface area contributed by atoms with Gasteiger partial charge in [0.05, 0.1) is 5.75 Å². The zero-order valence-electron chi connectivity index (χ0n) is 13.8. The number of hydrogen-bond acceptors (Lipinski definition) is 4. The maximum atomic E-state index is 12.9. The highest BCUT2D eigenvalue weighted by Gasteiger charge is 2.51. The average molecular weight is 341 g/mol. The Kier molecular flexibility index (Phi) is 6.33. The summed E-state index contributed by atoms with van der Waals surface area (Å²) >= 11 is 1.42. The lowest BCUT2D eigenvalue weighted by Gasteiger charge is -2.49. The van der Waals surface area contributed by atoms with E-state index in [0.717, 1.165) is 32.1 Å². The van der Waals surface area contributed by atoms with Crippen LogP contribution < -0.4 is 11.1 Å².